The Morgan fingerprint density at radius 2 is 1.69 bits per heavy atom. The lowest BCUT2D eigenvalue weighted by atomic mass is 9.87. The maximum atomic E-state index is 12.4. The van der Waals surface area contributed by atoms with Gasteiger partial charge in [0.15, 0.2) is 5.96 Å². The van der Waals surface area contributed by atoms with E-state index in [2.05, 4.69) is 65.6 Å². The summed E-state index contributed by atoms with van der Waals surface area (Å²) in [7, 11) is 0.793. The zero-order chi connectivity index (χ0) is 22.3. The van der Waals surface area contributed by atoms with Gasteiger partial charge in [0, 0.05) is 49.1 Å². The van der Waals surface area contributed by atoms with Crippen LogP contribution in [0.15, 0.2) is 64.5 Å². The summed E-state index contributed by atoms with van der Waals surface area (Å²) in [5.41, 5.74) is 2.86. The molecule has 176 valence electrons. The Bertz CT molecular complexity index is 873. The minimum atomic E-state index is -0.994. The fourth-order valence-electron chi connectivity index (χ4n) is 3.79. The third-order valence-electron chi connectivity index (χ3n) is 5.74. The van der Waals surface area contributed by atoms with Gasteiger partial charge in [0.1, 0.15) is 0 Å². The summed E-state index contributed by atoms with van der Waals surface area (Å²) in [5, 5.41) is 6.85. The Morgan fingerprint density at radius 1 is 1.06 bits per heavy atom. The molecule has 1 atom stereocenters. The first kappa shape index (κ1) is 26.6. The number of piperidine rings is 1. The molecule has 2 aromatic rings. The predicted octanol–water partition coefficient (Wildman–Crippen LogP) is 4.54. The lowest BCUT2D eigenvalue weighted by Gasteiger charge is -2.35. The summed E-state index contributed by atoms with van der Waals surface area (Å²) in [4.78, 5) is 7.68. The van der Waals surface area contributed by atoms with Crippen LogP contribution in [-0.4, -0.2) is 48.6 Å². The topological polar surface area (TPSA) is 56.7 Å². The van der Waals surface area contributed by atoms with Crippen LogP contribution in [0.3, 0.4) is 0 Å². The third-order valence-corrected chi connectivity index (χ3v) is 7.12. The van der Waals surface area contributed by atoms with Crippen molar-refractivity contribution in [2.24, 2.45) is 4.99 Å². The van der Waals surface area contributed by atoms with Gasteiger partial charge in [0.25, 0.3) is 0 Å². The molecule has 0 aliphatic carbocycles. The van der Waals surface area contributed by atoms with E-state index in [0.29, 0.717) is 18.3 Å². The highest BCUT2D eigenvalue weighted by molar-refractivity contribution is 14.0. The third kappa shape index (κ3) is 7.76. The molecule has 0 spiro atoms. The number of rotatable bonds is 6. The van der Waals surface area contributed by atoms with Crippen LogP contribution >= 0.6 is 24.0 Å². The molecular weight excluding hydrogens is 531 g/mol. The highest BCUT2D eigenvalue weighted by atomic mass is 127. The van der Waals surface area contributed by atoms with E-state index in [9.17, 15) is 4.21 Å². The van der Waals surface area contributed by atoms with Crippen molar-refractivity contribution in [3.05, 3.63) is 60.2 Å². The molecule has 1 saturated heterocycles. The van der Waals surface area contributed by atoms with Crippen LogP contribution in [0.2, 0.25) is 0 Å². The number of anilines is 1. The summed E-state index contributed by atoms with van der Waals surface area (Å²) in [6.07, 6.45) is 2.13. The van der Waals surface area contributed by atoms with E-state index in [-0.39, 0.29) is 29.4 Å². The first-order chi connectivity index (χ1) is 14.9. The van der Waals surface area contributed by atoms with E-state index < -0.39 is 10.8 Å². The van der Waals surface area contributed by atoms with Crippen LogP contribution in [0.5, 0.6) is 0 Å². The van der Waals surface area contributed by atoms with E-state index in [1.807, 2.05) is 30.3 Å². The molecule has 0 radical (unpaired) electrons. The second-order valence-corrected chi connectivity index (χ2v) is 10.6. The zero-order valence-electron chi connectivity index (χ0n) is 19.6. The van der Waals surface area contributed by atoms with Crippen molar-refractivity contribution in [3.63, 3.8) is 0 Å². The van der Waals surface area contributed by atoms with E-state index in [1.54, 1.807) is 7.05 Å². The second-order valence-electron chi connectivity index (χ2n) is 9.06. The van der Waals surface area contributed by atoms with Gasteiger partial charge in [-0.25, -0.2) is 0 Å². The SMILES string of the molecule is CN=C(NCCS(=O)c1ccccc1)NC1CCN(c2ccc(C(C)(C)C)cc2)CC1.I. The van der Waals surface area contributed by atoms with E-state index in [4.69, 9.17) is 0 Å². The number of nitrogens with one attached hydrogen (secondary N) is 2. The molecule has 7 heteroatoms. The summed E-state index contributed by atoms with van der Waals surface area (Å²) in [6.45, 7) is 9.43. The van der Waals surface area contributed by atoms with Gasteiger partial charge in [-0.05, 0) is 48.1 Å². The van der Waals surface area contributed by atoms with Crippen LogP contribution in [0, 0.1) is 0 Å². The Morgan fingerprint density at radius 3 is 2.25 bits per heavy atom. The molecule has 5 nitrogen and oxygen atoms in total. The van der Waals surface area contributed by atoms with E-state index in [0.717, 1.165) is 36.8 Å². The fourth-order valence-corrected chi connectivity index (χ4v) is 4.78. The van der Waals surface area contributed by atoms with E-state index >= 15 is 0 Å². The smallest absolute Gasteiger partial charge is 0.191 e. The number of halogens is 1. The second kappa shape index (κ2) is 12.6. The van der Waals surface area contributed by atoms with Crippen molar-refractivity contribution in [2.75, 3.05) is 37.3 Å². The van der Waals surface area contributed by atoms with Crippen molar-refractivity contribution in [1.29, 1.82) is 0 Å². The summed E-state index contributed by atoms with van der Waals surface area (Å²) in [5.74, 6) is 1.35. The number of nitrogens with zero attached hydrogens (tertiary/aromatic N) is 2. The maximum Gasteiger partial charge on any atom is 0.191 e. The monoisotopic (exact) mass is 568 g/mol. The standard InChI is InChI=1S/C25H36N4OS.HI/c1-25(2,3)20-10-12-22(13-11-20)29-17-14-21(15-18-29)28-24(26-4)27-16-19-31(30)23-8-6-5-7-9-23;/h5-13,21H,14-19H2,1-4H3,(H2,26,27,28);1H. The first-order valence-electron chi connectivity index (χ1n) is 11.1. The molecule has 2 N–H and O–H groups in total. The van der Waals surface area contributed by atoms with Crippen LogP contribution in [0.1, 0.15) is 39.2 Å². The first-order valence-corrected chi connectivity index (χ1v) is 12.4. The van der Waals surface area contributed by atoms with Gasteiger partial charge in [-0.3, -0.25) is 9.20 Å². The molecule has 1 heterocycles. The molecular formula is C25H37IN4OS. The molecule has 1 aliphatic heterocycles. The van der Waals surface area contributed by atoms with Crippen molar-refractivity contribution < 1.29 is 4.21 Å². The van der Waals surface area contributed by atoms with Crippen molar-refractivity contribution in [1.82, 2.24) is 10.6 Å². The molecule has 32 heavy (non-hydrogen) atoms. The molecule has 1 unspecified atom stereocenters. The summed E-state index contributed by atoms with van der Waals surface area (Å²) >= 11 is 0. The highest BCUT2D eigenvalue weighted by Gasteiger charge is 2.21. The van der Waals surface area contributed by atoms with Gasteiger partial charge in [0.05, 0.1) is 10.8 Å². The molecule has 0 amide bonds. The van der Waals surface area contributed by atoms with Crippen molar-refractivity contribution >= 4 is 46.4 Å². The van der Waals surface area contributed by atoms with Gasteiger partial charge in [0.2, 0.25) is 0 Å². The van der Waals surface area contributed by atoms with Crippen molar-refractivity contribution in [3.8, 4) is 0 Å². The van der Waals surface area contributed by atoms with Gasteiger partial charge in [-0.2, -0.15) is 0 Å². The summed E-state index contributed by atoms with van der Waals surface area (Å²) in [6, 6.07) is 19.0. The molecule has 1 fully saturated rings. The van der Waals surface area contributed by atoms with Gasteiger partial charge < -0.3 is 15.5 Å². The molecule has 0 aromatic heterocycles. The molecule has 0 saturated carbocycles. The highest BCUT2D eigenvalue weighted by Crippen LogP contribution is 2.26. The molecule has 3 rings (SSSR count). The Kier molecular flexibility index (Phi) is 10.5. The Hall–Kier alpha value is -1.61. The van der Waals surface area contributed by atoms with Crippen LogP contribution < -0.4 is 15.5 Å². The van der Waals surface area contributed by atoms with Gasteiger partial charge >= 0.3 is 0 Å². The normalized spacial score (nSPS) is 16.2. The largest absolute Gasteiger partial charge is 0.371 e. The Balaban J connectivity index is 0.00000363. The van der Waals surface area contributed by atoms with Gasteiger partial charge in [-0.1, -0.05) is 51.1 Å². The zero-order valence-corrected chi connectivity index (χ0v) is 22.8. The number of aliphatic imine (C=N–C) groups is 1. The maximum absolute atomic E-state index is 12.4. The minimum absolute atomic E-state index is 0. The van der Waals surface area contributed by atoms with Crippen LogP contribution in [-0.2, 0) is 16.2 Å². The van der Waals surface area contributed by atoms with Gasteiger partial charge in [-0.15, -0.1) is 24.0 Å². The lowest BCUT2D eigenvalue weighted by molar-refractivity contribution is 0.462. The molecule has 2 aromatic carbocycles. The lowest BCUT2D eigenvalue weighted by Crippen LogP contribution is -2.49. The van der Waals surface area contributed by atoms with Crippen LogP contribution in [0.25, 0.3) is 0 Å². The molecule has 1 aliphatic rings. The molecule has 0 bridgehead atoms. The fraction of sp³-hybridized carbons (Fsp3) is 0.480. The number of benzene rings is 2. The number of hydrogen-bond donors (Lipinski definition) is 2. The Labute approximate surface area is 212 Å². The number of hydrogen-bond acceptors (Lipinski definition) is 3. The number of guanidine groups is 1. The average Bonchev–Trinajstić information content (AvgIpc) is 2.79. The minimum Gasteiger partial charge on any atom is -0.371 e. The average molecular weight is 569 g/mol. The quantitative estimate of drug-likeness (QED) is 0.305. The van der Waals surface area contributed by atoms with Crippen molar-refractivity contribution in [2.45, 2.75) is 50.0 Å². The van der Waals surface area contributed by atoms with E-state index in [1.165, 1.54) is 11.3 Å². The predicted molar refractivity (Wildman–Crippen MR) is 148 cm³/mol. The van der Waals surface area contributed by atoms with Crippen LogP contribution in [0.4, 0.5) is 5.69 Å². The summed E-state index contributed by atoms with van der Waals surface area (Å²) < 4.78 is 12.4.